The fraction of sp³-hybridized carbons (Fsp3) is 0.600. The van der Waals surface area contributed by atoms with Gasteiger partial charge in [-0.1, -0.05) is 31.2 Å². The summed E-state index contributed by atoms with van der Waals surface area (Å²) < 4.78 is 1.90. The van der Waals surface area contributed by atoms with Gasteiger partial charge in [-0.3, -0.25) is 9.58 Å². The first-order chi connectivity index (χ1) is 15.1. The number of aromatic nitrogens is 2. The molecule has 1 aromatic heterocycles. The summed E-state index contributed by atoms with van der Waals surface area (Å²) in [5.74, 6) is 2.39. The lowest BCUT2D eigenvalue weighted by Gasteiger charge is -2.30. The summed E-state index contributed by atoms with van der Waals surface area (Å²) in [5, 5.41) is 7.83. The molecule has 31 heavy (non-hydrogen) atoms. The second-order valence-corrected chi connectivity index (χ2v) is 9.35. The van der Waals surface area contributed by atoms with Gasteiger partial charge in [0.25, 0.3) is 0 Å². The molecule has 0 amide bonds. The smallest absolute Gasteiger partial charge is 0.194 e. The van der Waals surface area contributed by atoms with Gasteiger partial charge in [0.15, 0.2) is 5.96 Å². The number of likely N-dealkylation sites (tertiary alicyclic amines) is 2. The van der Waals surface area contributed by atoms with Crippen molar-refractivity contribution in [3.05, 3.63) is 53.3 Å². The van der Waals surface area contributed by atoms with Crippen molar-refractivity contribution in [2.45, 2.75) is 52.1 Å². The maximum absolute atomic E-state index is 4.95. The Morgan fingerprint density at radius 1 is 1.13 bits per heavy atom. The molecule has 2 saturated heterocycles. The Labute approximate surface area is 187 Å². The molecule has 6 nitrogen and oxygen atoms in total. The van der Waals surface area contributed by atoms with Gasteiger partial charge in [-0.05, 0) is 55.3 Å². The van der Waals surface area contributed by atoms with E-state index in [4.69, 9.17) is 4.99 Å². The highest BCUT2D eigenvalue weighted by Gasteiger charge is 2.26. The first-order valence-corrected chi connectivity index (χ1v) is 11.9. The Bertz CT molecular complexity index is 855. The van der Waals surface area contributed by atoms with Crippen LogP contribution < -0.4 is 5.32 Å². The van der Waals surface area contributed by atoms with Crippen molar-refractivity contribution in [2.75, 3.05) is 32.7 Å². The van der Waals surface area contributed by atoms with Gasteiger partial charge in [0.2, 0.25) is 0 Å². The molecule has 2 unspecified atom stereocenters. The number of hydrogen-bond acceptors (Lipinski definition) is 3. The van der Waals surface area contributed by atoms with Crippen molar-refractivity contribution in [3.8, 4) is 0 Å². The lowest BCUT2D eigenvalue weighted by Crippen LogP contribution is -2.40. The number of rotatable bonds is 6. The molecule has 0 aliphatic carbocycles. The molecule has 3 heterocycles. The van der Waals surface area contributed by atoms with Crippen LogP contribution in [-0.4, -0.2) is 58.3 Å². The summed E-state index contributed by atoms with van der Waals surface area (Å²) in [7, 11) is 1.99. The van der Waals surface area contributed by atoms with Gasteiger partial charge in [-0.15, -0.1) is 0 Å². The van der Waals surface area contributed by atoms with Gasteiger partial charge in [-0.2, -0.15) is 5.10 Å². The standard InChI is InChI=1S/C25H38N6/c1-4-26-25(31-13-11-23(19-31)24-15-28-29(3)18-24)27-14-21-7-9-22(10-8-21)17-30-12-5-6-20(2)16-30/h7-10,15,18,20,23H,4-6,11-14,16-17,19H2,1-3H3,(H,26,27). The van der Waals surface area contributed by atoms with Crippen LogP contribution in [-0.2, 0) is 20.1 Å². The fourth-order valence-electron chi connectivity index (χ4n) is 4.91. The minimum atomic E-state index is 0.536. The highest BCUT2D eigenvalue weighted by atomic mass is 15.3. The van der Waals surface area contributed by atoms with Crippen molar-refractivity contribution in [1.29, 1.82) is 0 Å². The van der Waals surface area contributed by atoms with Crippen LogP contribution in [0.15, 0.2) is 41.7 Å². The van der Waals surface area contributed by atoms with Crippen molar-refractivity contribution in [1.82, 2.24) is 24.9 Å². The van der Waals surface area contributed by atoms with E-state index in [2.05, 4.69) is 64.5 Å². The Balaban J connectivity index is 1.34. The Kier molecular flexibility index (Phi) is 7.28. The van der Waals surface area contributed by atoms with E-state index in [0.29, 0.717) is 5.92 Å². The van der Waals surface area contributed by atoms with E-state index in [1.54, 1.807) is 0 Å². The van der Waals surface area contributed by atoms with Gasteiger partial charge in [0, 0.05) is 51.9 Å². The fourth-order valence-corrected chi connectivity index (χ4v) is 4.91. The highest BCUT2D eigenvalue weighted by Crippen LogP contribution is 2.26. The number of nitrogens with zero attached hydrogens (tertiary/aromatic N) is 5. The molecule has 4 rings (SSSR count). The monoisotopic (exact) mass is 422 g/mol. The van der Waals surface area contributed by atoms with Crippen LogP contribution in [0.5, 0.6) is 0 Å². The Morgan fingerprint density at radius 3 is 2.65 bits per heavy atom. The third-order valence-corrected chi connectivity index (χ3v) is 6.60. The maximum Gasteiger partial charge on any atom is 0.194 e. The average Bonchev–Trinajstić information content (AvgIpc) is 3.41. The summed E-state index contributed by atoms with van der Waals surface area (Å²) in [6.45, 7) is 11.7. The molecule has 2 fully saturated rings. The van der Waals surface area contributed by atoms with Gasteiger partial charge in [-0.25, -0.2) is 4.99 Å². The van der Waals surface area contributed by atoms with E-state index in [1.807, 2.05) is 17.9 Å². The van der Waals surface area contributed by atoms with Crippen molar-refractivity contribution < 1.29 is 0 Å². The number of hydrogen-bond donors (Lipinski definition) is 1. The first kappa shape index (κ1) is 21.9. The van der Waals surface area contributed by atoms with Crippen LogP contribution in [0.3, 0.4) is 0 Å². The first-order valence-electron chi connectivity index (χ1n) is 11.9. The van der Waals surface area contributed by atoms with Crippen molar-refractivity contribution in [2.24, 2.45) is 18.0 Å². The molecule has 1 N–H and O–H groups in total. The molecule has 0 bridgehead atoms. The summed E-state index contributed by atoms with van der Waals surface area (Å²) in [6.07, 6.45) is 8.01. The third kappa shape index (κ3) is 5.88. The normalized spacial score (nSPS) is 22.8. The zero-order valence-electron chi connectivity index (χ0n) is 19.4. The van der Waals surface area contributed by atoms with E-state index in [1.165, 1.54) is 42.6 Å². The average molecular weight is 423 g/mol. The molecular weight excluding hydrogens is 384 g/mol. The maximum atomic E-state index is 4.95. The predicted molar refractivity (Wildman–Crippen MR) is 127 cm³/mol. The molecule has 2 aliphatic heterocycles. The molecule has 0 saturated carbocycles. The summed E-state index contributed by atoms with van der Waals surface area (Å²) in [5.41, 5.74) is 4.02. The highest BCUT2D eigenvalue weighted by molar-refractivity contribution is 5.80. The van der Waals surface area contributed by atoms with Gasteiger partial charge in [0.1, 0.15) is 0 Å². The number of benzene rings is 1. The van der Waals surface area contributed by atoms with Crippen LogP contribution in [0.2, 0.25) is 0 Å². The van der Waals surface area contributed by atoms with E-state index in [0.717, 1.165) is 51.0 Å². The van der Waals surface area contributed by atoms with Crippen LogP contribution in [0.4, 0.5) is 0 Å². The number of guanidine groups is 1. The minimum absolute atomic E-state index is 0.536. The van der Waals surface area contributed by atoms with E-state index in [9.17, 15) is 0 Å². The third-order valence-electron chi connectivity index (χ3n) is 6.60. The number of aryl methyl sites for hydroxylation is 1. The Morgan fingerprint density at radius 2 is 1.94 bits per heavy atom. The molecule has 2 aromatic rings. The van der Waals surface area contributed by atoms with Crippen LogP contribution >= 0.6 is 0 Å². The van der Waals surface area contributed by atoms with Crippen LogP contribution in [0.1, 0.15) is 55.7 Å². The molecule has 0 radical (unpaired) electrons. The SMILES string of the molecule is CCNC(=NCc1ccc(CN2CCCC(C)C2)cc1)N1CCC(c2cnn(C)c2)C1. The van der Waals surface area contributed by atoms with Gasteiger partial charge >= 0.3 is 0 Å². The largest absolute Gasteiger partial charge is 0.357 e. The number of piperidine rings is 1. The Hall–Kier alpha value is -2.34. The lowest BCUT2D eigenvalue weighted by molar-refractivity contribution is 0.176. The molecule has 1 aromatic carbocycles. The molecule has 2 atom stereocenters. The predicted octanol–water partition coefficient (Wildman–Crippen LogP) is 3.61. The topological polar surface area (TPSA) is 48.7 Å². The van der Waals surface area contributed by atoms with Gasteiger partial charge < -0.3 is 10.2 Å². The summed E-state index contributed by atoms with van der Waals surface area (Å²) in [6, 6.07) is 9.06. The summed E-state index contributed by atoms with van der Waals surface area (Å²) >= 11 is 0. The second-order valence-electron chi connectivity index (χ2n) is 9.35. The summed E-state index contributed by atoms with van der Waals surface area (Å²) in [4.78, 5) is 9.94. The molecule has 168 valence electrons. The van der Waals surface area contributed by atoms with E-state index >= 15 is 0 Å². The van der Waals surface area contributed by atoms with Crippen molar-refractivity contribution >= 4 is 5.96 Å². The molecule has 0 spiro atoms. The molecular formula is C25H38N6. The lowest BCUT2D eigenvalue weighted by atomic mass is 9.99. The zero-order valence-corrected chi connectivity index (χ0v) is 19.4. The van der Waals surface area contributed by atoms with Gasteiger partial charge in [0.05, 0.1) is 12.7 Å². The van der Waals surface area contributed by atoms with E-state index in [-0.39, 0.29) is 0 Å². The van der Waals surface area contributed by atoms with E-state index < -0.39 is 0 Å². The van der Waals surface area contributed by atoms with Crippen molar-refractivity contribution in [3.63, 3.8) is 0 Å². The molecule has 2 aliphatic rings. The minimum Gasteiger partial charge on any atom is -0.357 e. The molecule has 6 heteroatoms. The zero-order chi connectivity index (χ0) is 21.6. The number of aliphatic imine (C=N–C) groups is 1. The quantitative estimate of drug-likeness (QED) is 0.571. The van der Waals surface area contributed by atoms with Crippen LogP contribution in [0.25, 0.3) is 0 Å². The van der Waals surface area contributed by atoms with Crippen LogP contribution in [0, 0.1) is 5.92 Å². The second kappa shape index (κ2) is 10.3. The number of nitrogens with one attached hydrogen (secondary N) is 1.